The molecule has 2 heterocycles. The highest BCUT2D eigenvalue weighted by Crippen LogP contribution is 2.56. The van der Waals surface area contributed by atoms with Gasteiger partial charge in [-0.25, -0.2) is 0 Å². The first kappa shape index (κ1) is 15.0. The molecule has 3 aliphatic rings. The molecule has 2 unspecified atom stereocenters. The molecule has 4 heteroatoms. The van der Waals surface area contributed by atoms with Crippen molar-refractivity contribution in [1.29, 1.82) is 0 Å². The van der Waals surface area contributed by atoms with Gasteiger partial charge in [-0.3, -0.25) is 0 Å². The highest BCUT2D eigenvalue weighted by Gasteiger charge is 2.57. The summed E-state index contributed by atoms with van der Waals surface area (Å²) >= 11 is 0. The lowest BCUT2D eigenvalue weighted by atomic mass is 9.95. The van der Waals surface area contributed by atoms with Crippen molar-refractivity contribution in [3.05, 3.63) is 29.8 Å². The highest BCUT2D eigenvalue weighted by molar-refractivity contribution is 5.85. The molecular formula is C15H22Cl2N2. The van der Waals surface area contributed by atoms with E-state index >= 15 is 0 Å². The molecule has 19 heavy (non-hydrogen) atoms. The van der Waals surface area contributed by atoms with Crippen molar-refractivity contribution in [2.45, 2.75) is 24.7 Å². The fraction of sp³-hybridized carbons (Fsp3) is 0.600. The van der Waals surface area contributed by atoms with Crippen LogP contribution in [0.5, 0.6) is 0 Å². The fourth-order valence-electron chi connectivity index (χ4n) is 3.77. The average molecular weight is 301 g/mol. The molecule has 0 radical (unpaired) electrons. The van der Waals surface area contributed by atoms with Crippen LogP contribution in [0.15, 0.2) is 24.3 Å². The number of nitrogens with one attached hydrogen (secondary N) is 1. The third-order valence-electron chi connectivity index (χ3n) is 4.98. The van der Waals surface area contributed by atoms with E-state index in [0.717, 1.165) is 5.92 Å². The van der Waals surface area contributed by atoms with Gasteiger partial charge in [0, 0.05) is 30.7 Å². The fourth-order valence-corrected chi connectivity index (χ4v) is 3.77. The minimum absolute atomic E-state index is 0. The Labute approximate surface area is 127 Å². The first-order chi connectivity index (χ1) is 8.38. The second-order valence-electron chi connectivity index (χ2n) is 5.93. The summed E-state index contributed by atoms with van der Waals surface area (Å²) < 4.78 is 0. The summed E-state index contributed by atoms with van der Waals surface area (Å²) in [5, 5.41) is 3.52. The van der Waals surface area contributed by atoms with Crippen LogP contribution in [-0.4, -0.2) is 26.2 Å². The summed E-state index contributed by atoms with van der Waals surface area (Å²) in [6, 6.07) is 9.42. The largest absolute Gasteiger partial charge is 0.372 e. The molecule has 2 saturated heterocycles. The molecular weight excluding hydrogens is 279 g/mol. The molecule has 3 fully saturated rings. The Kier molecular flexibility index (Phi) is 4.34. The normalized spacial score (nSPS) is 31.4. The molecule has 0 spiro atoms. The van der Waals surface area contributed by atoms with Crippen molar-refractivity contribution in [2.24, 2.45) is 5.92 Å². The minimum Gasteiger partial charge on any atom is -0.372 e. The third-order valence-corrected chi connectivity index (χ3v) is 4.98. The van der Waals surface area contributed by atoms with Gasteiger partial charge in [-0.15, -0.1) is 24.8 Å². The van der Waals surface area contributed by atoms with Gasteiger partial charge in [0.25, 0.3) is 0 Å². The SMILES string of the molecule is Cl.Cl.c1cc(C23CNCC2C3)ccc1N1CCCC1. The van der Waals surface area contributed by atoms with Gasteiger partial charge in [0.05, 0.1) is 0 Å². The maximum atomic E-state index is 3.52. The Morgan fingerprint density at radius 1 is 1.05 bits per heavy atom. The number of hydrogen-bond acceptors (Lipinski definition) is 2. The van der Waals surface area contributed by atoms with Gasteiger partial charge in [0.1, 0.15) is 0 Å². The number of fused-ring (bicyclic) bond motifs is 1. The number of nitrogens with zero attached hydrogens (tertiary/aromatic N) is 1. The molecule has 1 N–H and O–H groups in total. The Balaban J connectivity index is 0.000000667. The van der Waals surface area contributed by atoms with Crippen molar-refractivity contribution in [3.8, 4) is 0 Å². The van der Waals surface area contributed by atoms with Gasteiger partial charge < -0.3 is 10.2 Å². The van der Waals surface area contributed by atoms with Crippen LogP contribution < -0.4 is 10.2 Å². The van der Waals surface area contributed by atoms with Crippen LogP contribution in [-0.2, 0) is 5.41 Å². The van der Waals surface area contributed by atoms with E-state index in [4.69, 9.17) is 0 Å². The monoisotopic (exact) mass is 300 g/mol. The summed E-state index contributed by atoms with van der Waals surface area (Å²) in [5.41, 5.74) is 3.50. The van der Waals surface area contributed by atoms with E-state index in [1.54, 1.807) is 5.56 Å². The van der Waals surface area contributed by atoms with Crippen molar-refractivity contribution >= 4 is 30.5 Å². The van der Waals surface area contributed by atoms with Crippen LogP contribution in [0.1, 0.15) is 24.8 Å². The third kappa shape index (κ3) is 2.35. The van der Waals surface area contributed by atoms with Gasteiger partial charge >= 0.3 is 0 Å². The number of hydrogen-bond donors (Lipinski definition) is 1. The summed E-state index contributed by atoms with van der Waals surface area (Å²) in [6.07, 6.45) is 4.12. The lowest BCUT2D eigenvalue weighted by molar-refractivity contribution is 0.675. The molecule has 0 aromatic heterocycles. The first-order valence-electron chi connectivity index (χ1n) is 6.95. The van der Waals surface area contributed by atoms with Crippen LogP contribution in [0.25, 0.3) is 0 Å². The second-order valence-corrected chi connectivity index (χ2v) is 5.93. The smallest absolute Gasteiger partial charge is 0.0366 e. The topological polar surface area (TPSA) is 15.3 Å². The van der Waals surface area contributed by atoms with Crippen molar-refractivity contribution in [1.82, 2.24) is 5.32 Å². The molecule has 2 atom stereocenters. The van der Waals surface area contributed by atoms with Gasteiger partial charge in [-0.05, 0) is 49.4 Å². The number of piperidine rings is 1. The molecule has 2 nitrogen and oxygen atoms in total. The van der Waals surface area contributed by atoms with E-state index in [1.807, 2.05) is 0 Å². The molecule has 0 bridgehead atoms. The standard InChI is InChI=1S/C15H20N2.2ClH/c1-2-8-17(7-1)14-5-3-12(4-6-14)15-9-13(15)10-16-11-15;;/h3-6,13,16H,1-2,7-11H2;2*1H. The van der Waals surface area contributed by atoms with E-state index in [9.17, 15) is 0 Å². The van der Waals surface area contributed by atoms with Crippen LogP contribution >= 0.6 is 24.8 Å². The molecule has 1 aromatic carbocycles. The summed E-state index contributed by atoms with van der Waals surface area (Å²) in [7, 11) is 0. The zero-order valence-electron chi connectivity index (χ0n) is 11.1. The zero-order chi connectivity index (χ0) is 11.3. The maximum absolute atomic E-state index is 3.52. The first-order valence-corrected chi connectivity index (χ1v) is 6.95. The molecule has 1 saturated carbocycles. The number of anilines is 1. The predicted molar refractivity (Wildman–Crippen MR) is 85.0 cm³/mol. The van der Waals surface area contributed by atoms with E-state index in [2.05, 4.69) is 34.5 Å². The van der Waals surface area contributed by atoms with Crippen molar-refractivity contribution in [2.75, 3.05) is 31.1 Å². The lowest BCUT2D eigenvalue weighted by Gasteiger charge is -2.19. The van der Waals surface area contributed by atoms with Crippen molar-refractivity contribution in [3.63, 3.8) is 0 Å². The van der Waals surface area contributed by atoms with E-state index < -0.39 is 0 Å². The molecule has 1 aromatic rings. The van der Waals surface area contributed by atoms with Crippen LogP contribution in [0.3, 0.4) is 0 Å². The molecule has 0 amide bonds. The quantitative estimate of drug-likeness (QED) is 0.903. The van der Waals surface area contributed by atoms with Gasteiger partial charge in [-0.1, -0.05) is 12.1 Å². The summed E-state index contributed by atoms with van der Waals surface area (Å²) in [6.45, 7) is 4.91. The molecule has 2 aliphatic heterocycles. The minimum atomic E-state index is 0. The van der Waals surface area contributed by atoms with Gasteiger partial charge in [0.15, 0.2) is 0 Å². The molecule has 4 rings (SSSR count). The number of halogens is 2. The van der Waals surface area contributed by atoms with E-state index in [0.29, 0.717) is 5.41 Å². The van der Waals surface area contributed by atoms with E-state index in [-0.39, 0.29) is 24.8 Å². The Morgan fingerprint density at radius 3 is 2.26 bits per heavy atom. The summed E-state index contributed by atoms with van der Waals surface area (Å²) in [4.78, 5) is 2.51. The number of rotatable bonds is 2. The second kappa shape index (κ2) is 5.51. The lowest BCUT2D eigenvalue weighted by Crippen LogP contribution is -2.20. The predicted octanol–water partition coefficient (Wildman–Crippen LogP) is 2.99. The number of benzene rings is 1. The van der Waals surface area contributed by atoms with E-state index in [1.165, 1.54) is 51.1 Å². The van der Waals surface area contributed by atoms with Crippen molar-refractivity contribution < 1.29 is 0 Å². The zero-order valence-corrected chi connectivity index (χ0v) is 12.7. The molecule has 1 aliphatic carbocycles. The maximum Gasteiger partial charge on any atom is 0.0366 e. The molecule has 106 valence electrons. The average Bonchev–Trinajstić information content (AvgIpc) is 2.81. The van der Waals surface area contributed by atoms with Crippen LogP contribution in [0, 0.1) is 5.92 Å². The Bertz CT molecular complexity index is 428. The Morgan fingerprint density at radius 2 is 1.74 bits per heavy atom. The van der Waals surface area contributed by atoms with Gasteiger partial charge in [-0.2, -0.15) is 0 Å². The summed E-state index contributed by atoms with van der Waals surface area (Å²) in [5.74, 6) is 0.917. The van der Waals surface area contributed by atoms with Gasteiger partial charge in [0.2, 0.25) is 0 Å². The van der Waals surface area contributed by atoms with Crippen LogP contribution in [0.2, 0.25) is 0 Å². The van der Waals surface area contributed by atoms with Crippen LogP contribution in [0.4, 0.5) is 5.69 Å². The Hall–Kier alpha value is -0.440. The highest BCUT2D eigenvalue weighted by atomic mass is 35.5.